The minimum atomic E-state index is -4.53. The van der Waals surface area contributed by atoms with Crippen LogP contribution >= 0.6 is 0 Å². The summed E-state index contributed by atoms with van der Waals surface area (Å²) in [5, 5.41) is 20.5. The van der Waals surface area contributed by atoms with E-state index in [2.05, 4.69) is 9.80 Å². The number of carbonyl (C=O) groups is 2. The number of carbonyl (C=O) groups excluding carboxylic acids is 1. The molecule has 1 saturated carbocycles. The number of rotatable bonds is 5. The van der Waals surface area contributed by atoms with Gasteiger partial charge in [0.1, 0.15) is 17.0 Å². The summed E-state index contributed by atoms with van der Waals surface area (Å²) in [7, 11) is 0. The monoisotopic (exact) mass is 619 g/mol. The number of amides is 1. The zero-order valence-electron chi connectivity index (χ0n) is 24.7. The van der Waals surface area contributed by atoms with Crippen LogP contribution in [0.5, 0.6) is 0 Å². The summed E-state index contributed by atoms with van der Waals surface area (Å²) in [5.41, 5.74) is -2.42. The summed E-state index contributed by atoms with van der Waals surface area (Å²) < 4.78 is 60.8. The fourth-order valence-electron chi connectivity index (χ4n) is 7.40. The number of piperazine rings is 1. The molecule has 12 heteroatoms. The molecule has 238 valence electrons. The molecule has 1 aliphatic carbocycles. The number of alkyl halides is 3. The average molecular weight is 620 g/mol. The number of hydrogen-bond donors (Lipinski definition) is 2. The van der Waals surface area contributed by atoms with E-state index in [4.69, 9.17) is 4.74 Å². The predicted octanol–water partition coefficient (Wildman–Crippen LogP) is 4.63. The first-order valence-electron chi connectivity index (χ1n) is 15.1. The smallest absolute Gasteiger partial charge is 0.416 e. The van der Waals surface area contributed by atoms with Crippen molar-refractivity contribution in [3.8, 4) is 0 Å². The average Bonchev–Trinajstić information content (AvgIpc) is 3.82. The molecule has 0 bridgehead atoms. The quantitative estimate of drug-likeness (QED) is 0.472. The summed E-state index contributed by atoms with van der Waals surface area (Å²) in [6.45, 7) is 5.78. The predicted molar refractivity (Wildman–Crippen MR) is 153 cm³/mol. The van der Waals surface area contributed by atoms with Crippen LogP contribution in [0.15, 0.2) is 36.4 Å². The number of aromatic carboxylic acids is 1. The van der Waals surface area contributed by atoms with Crippen molar-refractivity contribution in [1.29, 1.82) is 0 Å². The third-order valence-electron chi connectivity index (χ3n) is 9.83. The first-order chi connectivity index (χ1) is 20.7. The molecule has 0 spiro atoms. The van der Waals surface area contributed by atoms with Gasteiger partial charge in [-0.25, -0.2) is 9.18 Å². The van der Waals surface area contributed by atoms with Gasteiger partial charge in [0.15, 0.2) is 0 Å². The van der Waals surface area contributed by atoms with Gasteiger partial charge in [0.25, 0.3) is 5.91 Å². The van der Waals surface area contributed by atoms with Crippen molar-refractivity contribution in [1.82, 2.24) is 9.80 Å². The van der Waals surface area contributed by atoms with E-state index in [9.17, 15) is 37.4 Å². The Morgan fingerprint density at radius 2 is 1.82 bits per heavy atom. The van der Waals surface area contributed by atoms with Gasteiger partial charge in [0.2, 0.25) is 0 Å². The lowest BCUT2D eigenvalue weighted by Crippen LogP contribution is -2.62. The molecule has 3 heterocycles. The first-order valence-corrected chi connectivity index (χ1v) is 15.1. The molecule has 4 atom stereocenters. The van der Waals surface area contributed by atoms with Gasteiger partial charge < -0.3 is 24.7 Å². The van der Waals surface area contributed by atoms with Crippen molar-refractivity contribution in [2.24, 2.45) is 5.92 Å². The molecule has 2 aromatic carbocycles. The number of carboxylic acids is 1. The first kappa shape index (κ1) is 30.8. The van der Waals surface area contributed by atoms with E-state index < -0.39 is 34.7 Å². The van der Waals surface area contributed by atoms with Gasteiger partial charge in [-0.1, -0.05) is 6.07 Å². The highest BCUT2D eigenvalue weighted by Crippen LogP contribution is 2.49. The Labute approximate surface area is 253 Å². The lowest BCUT2D eigenvalue weighted by molar-refractivity contribution is -0.180. The van der Waals surface area contributed by atoms with Crippen molar-refractivity contribution in [2.45, 2.75) is 75.5 Å². The lowest BCUT2D eigenvalue weighted by atomic mass is 9.82. The molecule has 44 heavy (non-hydrogen) atoms. The van der Waals surface area contributed by atoms with E-state index in [0.29, 0.717) is 50.3 Å². The van der Waals surface area contributed by atoms with Gasteiger partial charge in [-0.05, 0) is 86.9 Å². The van der Waals surface area contributed by atoms with Crippen LogP contribution in [0.1, 0.15) is 66.6 Å². The van der Waals surface area contributed by atoms with E-state index in [1.165, 1.54) is 30.0 Å². The van der Waals surface area contributed by atoms with Gasteiger partial charge in [0.05, 0.1) is 24.3 Å². The molecule has 2 aromatic rings. The van der Waals surface area contributed by atoms with Crippen LogP contribution in [0.2, 0.25) is 0 Å². The highest BCUT2D eigenvalue weighted by molar-refractivity contribution is 5.89. The summed E-state index contributed by atoms with van der Waals surface area (Å²) in [6, 6.07) is 7.51. The van der Waals surface area contributed by atoms with Crippen molar-refractivity contribution in [3.05, 3.63) is 64.5 Å². The van der Waals surface area contributed by atoms with Crippen molar-refractivity contribution in [3.63, 3.8) is 0 Å². The highest BCUT2D eigenvalue weighted by atomic mass is 19.4. The Morgan fingerprint density at radius 1 is 1.07 bits per heavy atom. The molecule has 3 fully saturated rings. The zero-order valence-corrected chi connectivity index (χ0v) is 24.7. The molecule has 2 N–H and O–H groups in total. The Hall–Kier alpha value is -3.22. The van der Waals surface area contributed by atoms with E-state index in [0.717, 1.165) is 25.0 Å². The summed E-state index contributed by atoms with van der Waals surface area (Å²) >= 11 is 0. The van der Waals surface area contributed by atoms with Crippen LogP contribution in [-0.2, 0) is 27.9 Å². The fourth-order valence-corrected chi connectivity index (χ4v) is 7.40. The number of ether oxygens (including phenoxy) is 1. The van der Waals surface area contributed by atoms with Gasteiger partial charge in [0, 0.05) is 44.0 Å². The number of carboxylic acid groups (broad SMARTS) is 1. The van der Waals surface area contributed by atoms with Crippen molar-refractivity contribution in [2.75, 3.05) is 37.7 Å². The number of fused-ring (bicyclic) bond motifs is 1. The number of aliphatic hydroxyl groups is 1. The normalized spacial score (nSPS) is 29.8. The third-order valence-corrected chi connectivity index (χ3v) is 9.83. The Kier molecular flexibility index (Phi) is 7.69. The molecular weight excluding hydrogens is 582 g/mol. The highest BCUT2D eigenvalue weighted by Gasteiger charge is 2.56. The molecule has 0 radical (unpaired) electrons. The standard InChI is InChI=1S/C32H37F4N3O5/c1-19-15-37(11-12-39(19)23-6-8-27(33)25(14-23)28(40)41)24-9-10-31(44-17-24,21-3-4-21)29(42)38-16-20-13-22(32(34,35)36)5-7-26(20)30(2,43)18-38/h5-8,13-14,19,21,24,43H,3-4,9-12,15-18H2,1-2H3,(H,40,41)/t19-,24+,30-,31-/m0/s1. The number of hydrogen-bond acceptors (Lipinski definition) is 6. The Morgan fingerprint density at radius 3 is 2.43 bits per heavy atom. The summed E-state index contributed by atoms with van der Waals surface area (Å²) in [4.78, 5) is 31.4. The Bertz CT molecular complexity index is 1450. The molecule has 2 saturated heterocycles. The van der Waals surface area contributed by atoms with Gasteiger partial charge in [-0.15, -0.1) is 0 Å². The second-order valence-corrected chi connectivity index (χ2v) is 13.0. The number of β-amino-alcohol motifs (C(OH)–C–C–N with tert-alkyl or cyclic N) is 1. The van der Waals surface area contributed by atoms with Crippen LogP contribution in [-0.4, -0.2) is 82.4 Å². The molecule has 8 nitrogen and oxygen atoms in total. The SMILES string of the molecule is C[C@H]1CN([C@@H]2CC[C@@](C(=O)N3Cc4cc(C(F)(F)F)ccc4[C@@](C)(O)C3)(C3CC3)OC2)CCN1c1ccc(F)c(C(=O)O)c1. The number of benzene rings is 2. The molecular formula is C32H37F4N3O5. The summed E-state index contributed by atoms with van der Waals surface area (Å²) in [6.07, 6.45) is -1.69. The lowest BCUT2D eigenvalue weighted by Gasteiger charge is -2.49. The van der Waals surface area contributed by atoms with Crippen LogP contribution in [0.4, 0.5) is 23.2 Å². The molecule has 0 unspecified atom stereocenters. The molecule has 6 rings (SSSR count). The molecule has 0 aromatic heterocycles. The zero-order chi connectivity index (χ0) is 31.6. The third kappa shape index (κ3) is 5.56. The minimum Gasteiger partial charge on any atom is -0.478 e. The maximum atomic E-state index is 14.1. The number of nitrogens with zero attached hydrogens (tertiary/aromatic N) is 3. The van der Waals surface area contributed by atoms with Gasteiger partial charge >= 0.3 is 12.1 Å². The second kappa shape index (κ2) is 11.0. The number of halogens is 4. The van der Waals surface area contributed by atoms with Crippen LogP contribution in [0, 0.1) is 11.7 Å². The van der Waals surface area contributed by atoms with Crippen LogP contribution in [0.25, 0.3) is 0 Å². The van der Waals surface area contributed by atoms with Crippen molar-refractivity contribution < 1.29 is 42.1 Å². The molecule has 3 aliphatic heterocycles. The van der Waals surface area contributed by atoms with Gasteiger partial charge in [-0.2, -0.15) is 13.2 Å². The second-order valence-electron chi connectivity index (χ2n) is 13.0. The number of anilines is 1. The van der Waals surface area contributed by atoms with Crippen LogP contribution < -0.4 is 4.90 Å². The van der Waals surface area contributed by atoms with E-state index >= 15 is 0 Å². The Balaban J connectivity index is 1.14. The molecule has 4 aliphatic rings. The maximum absolute atomic E-state index is 14.1. The summed E-state index contributed by atoms with van der Waals surface area (Å²) in [5.74, 6) is -2.33. The fraction of sp³-hybridized carbons (Fsp3) is 0.562. The van der Waals surface area contributed by atoms with Gasteiger partial charge in [-0.3, -0.25) is 9.69 Å². The minimum absolute atomic E-state index is 0.0184. The molecule has 1 amide bonds. The largest absolute Gasteiger partial charge is 0.478 e. The van der Waals surface area contributed by atoms with Crippen LogP contribution in [0.3, 0.4) is 0 Å². The van der Waals surface area contributed by atoms with E-state index in [-0.39, 0.29) is 48.1 Å². The van der Waals surface area contributed by atoms with Crippen molar-refractivity contribution >= 4 is 17.6 Å². The van der Waals surface area contributed by atoms with E-state index in [1.54, 1.807) is 6.07 Å². The maximum Gasteiger partial charge on any atom is 0.416 e. The van der Waals surface area contributed by atoms with E-state index in [1.807, 2.05) is 6.92 Å². The topological polar surface area (TPSA) is 93.6 Å².